The van der Waals surface area contributed by atoms with Crippen LogP contribution < -0.4 is 4.74 Å². The minimum atomic E-state index is -5.93. The summed E-state index contributed by atoms with van der Waals surface area (Å²) in [6.07, 6.45) is -10.3. The Kier molecular flexibility index (Phi) is 8.93. The van der Waals surface area contributed by atoms with Gasteiger partial charge in [0.1, 0.15) is 12.4 Å². The third kappa shape index (κ3) is 6.40. The van der Waals surface area contributed by atoms with Gasteiger partial charge < -0.3 is 20.1 Å². The lowest BCUT2D eigenvalue weighted by atomic mass is 9.99. The Bertz CT molecular complexity index is 1010. The third-order valence-corrected chi connectivity index (χ3v) is 5.10. The average molecular weight is 490 g/mol. The van der Waals surface area contributed by atoms with Crippen LogP contribution in [0.4, 0.5) is 26.3 Å². The molecule has 4 nitrogen and oxygen atoms in total. The van der Waals surface area contributed by atoms with Crippen molar-refractivity contribution in [2.75, 3.05) is 0 Å². The fourth-order valence-electron chi connectivity index (χ4n) is 3.09. The van der Waals surface area contributed by atoms with Crippen LogP contribution in [0, 0.1) is 0 Å². The molecule has 3 N–H and O–H groups in total. The van der Waals surface area contributed by atoms with Crippen LogP contribution >= 0.6 is 0 Å². The Morgan fingerprint density at radius 2 is 1.56 bits per heavy atom. The van der Waals surface area contributed by atoms with E-state index in [2.05, 4.69) is 0 Å². The minimum absolute atomic E-state index is 0.122. The second kappa shape index (κ2) is 11.1. The van der Waals surface area contributed by atoms with E-state index in [1.54, 1.807) is 49.4 Å². The van der Waals surface area contributed by atoms with Crippen molar-refractivity contribution in [2.24, 2.45) is 0 Å². The summed E-state index contributed by atoms with van der Waals surface area (Å²) in [5, 5.41) is 27.9. The lowest BCUT2D eigenvalue weighted by Gasteiger charge is -2.29. The Morgan fingerprint density at radius 1 is 0.912 bits per heavy atom. The van der Waals surface area contributed by atoms with Gasteiger partial charge in [-0.2, -0.15) is 26.3 Å². The van der Waals surface area contributed by atoms with Crippen molar-refractivity contribution in [1.29, 1.82) is 0 Å². The first-order valence-electron chi connectivity index (χ1n) is 10.2. The normalized spacial score (nSPS) is 13.5. The highest BCUT2D eigenvalue weighted by atomic mass is 19.4. The number of halogens is 6. The van der Waals surface area contributed by atoms with Gasteiger partial charge in [0.2, 0.25) is 0 Å². The van der Waals surface area contributed by atoms with Crippen LogP contribution in [0.25, 0.3) is 5.57 Å². The number of allylic oxidation sites excluding steroid dienone is 3. The van der Waals surface area contributed by atoms with Crippen molar-refractivity contribution in [2.45, 2.75) is 51.1 Å². The van der Waals surface area contributed by atoms with Crippen LogP contribution in [0.1, 0.15) is 35.6 Å². The molecule has 0 fully saturated rings. The van der Waals surface area contributed by atoms with Crippen molar-refractivity contribution in [1.82, 2.24) is 0 Å². The molecule has 2 rings (SSSR count). The van der Waals surface area contributed by atoms with Crippen LogP contribution in [-0.4, -0.2) is 33.3 Å². The van der Waals surface area contributed by atoms with E-state index in [0.717, 1.165) is 11.6 Å². The maximum Gasteiger partial charge on any atom is 0.430 e. The van der Waals surface area contributed by atoms with E-state index < -0.39 is 18.0 Å². The first kappa shape index (κ1) is 27.4. The minimum Gasteiger partial charge on any atom is -0.489 e. The zero-order valence-corrected chi connectivity index (χ0v) is 18.1. The highest BCUT2D eigenvalue weighted by Crippen LogP contribution is 2.44. The number of benzene rings is 2. The number of hydrogen-bond acceptors (Lipinski definition) is 4. The van der Waals surface area contributed by atoms with E-state index in [0.29, 0.717) is 34.1 Å². The van der Waals surface area contributed by atoms with E-state index >= 15 is 0 Å². The molecule has 0 bridgehead atoms. The second-order valence-corrected chi connectivity index (χ2v) is 7.40. The predicted octanol–water partition coefficient (Wildman–Crippen LogP) is 5.46. The van der Waals surface area contributed by atoms with Crippen LogP contribution in [-0.2, 0) is 19.8 Å². The van der Waals surface area contributed by atoms with Gasteiger partial charge in [-0.25, -0.2) is 0 Å². The van der Waals surface area contributed by atoms with Crippen molar-refractivity contribution < 1.29 is 46.4 Å². The molecule has 0 unspecified atom stereocenters. The number of alkyl halides is 6. The van der Waals surface area contributed by atoms with Gasteiger partial charge in [0, 0.05) is 0 Å². The summed E-state index contributed by atoms with van der Waals surface area (Å²) in [5.41, 5.74) is -2.17. The van der Waals surface area contributed by atoms with Gasteiger partial charge in [-0.3, -0.25) is 0 Å². The quantitative estimate of drug-likeness (QED) is 0.323. The number of hydrogen-bond donors (Lipinski definition) is 3. The smallest absolute Gasteiger partial charge is 0.430 e. The molecule has 186 valence electrons. The highest BCUT2D eigenvalue weighted by molar-refractivity contribution is 5.68. The Hall–Kier alpha value is -2.82. The average Bonchev–Trinajstić information content (AvgIpc) is 2.78. The van der Waals surface area contributed by atoms with Crippen LogP contribution in [0.2, 0.25) is 0 Å². The molecule has 0 aliphatic heterocycles. The maximum absolute atomic E-state index is 12.8. The number of rotatable bonds is 9. The molecule has 0 saturated carbocycles. The van der Waals surface area contributed by atoms with E-state index in [1.807, 2.05) is 0 Å². The number of aliphatic hydroxyl groups is 3. The Labute approximate surface area is 192 Å². The van der Waals surface area contributed by atoms with Gasteiger partial charge in [-0.05, 0) is 58.5 Å². The van der Waals surface area contributed by atoms with Gasteiger partial charge in [0.05, 0.1) is 13.2 Å². The standard InChI is InChI=1S/C24H24F6O4/c1-2-17(6-4-10-22(33,23(25,26)27)24(28,29)30)18-5-3-7-21(12-18)34-15-16-8-9-19(13-31)20(11-16)14-32/h3-12,31-33H,2,13-15H2,1H3/b10-4+,17-6-. The molecule has 2 aromatic carbocycles. The van der Waals surface area contributed by atoms with Gasteiger partial charge >= 0.3 is 12.4 Å². The first-order chi connectivity index (χ1) is 15.9. The zero-order chi connectivity index (χ0) is 25.6. The summed E-state index contributed by atoms with van der Waals surface area (Å²) in [5.74, 6) is 0.403. The van der Waals surface area contributed by atoms with E-state index in [1.165, 1.54) is 0 Å². The molecule has 0 saturated heterocycles. The number of aliphatic hydroxyl groups excluding tert-OH is 2. The van der Waals surface area contributed by atoms with Gasteiger partial charge in [-0.15, -0.1) is 0 Å². The highest BCUT2D eigenvalue weighted by Gasteiger charge is 2.68. The molecule has 0 aromatic heterocycles. The molecule has 0 spiro atoms. The molecule has 0 heterocycles. The molecule has 0 aliphatic rings. The predicted molar refractivity (Wildman–Crippen MR) is 114 cm³/mol. The molecule has 0 radical (unpaired) electrons. The molecule has 34 heavy (non-hydrogen) atoms. The van der Waals surface area contributed by atoms with Crippen LogP contribution in [0.15, 0.2) is 60.7 Å². The topological polar surface area (TPSA) is 69.9 Å². The molecule has 0 amide bonds. The van der Waals surface area contributed by atoms with Gasteiger partial charge in [0.25, 0.3) is 5.60 Å². The molecular formula is C24H24F6O4. The summed E-state index contributed by atoms with van der Waals surface area (Å²) in [7, 11) is 0. The van der Waals surface area contributed by atoms with Crippen LogP contribution in [0.5, 0.6) is 5.75 Å². The lowest BCUT2D eigenvalue weighted by Crippen LogP contribution is -2.55. The largest absolute Gasteiger partial charge is 0.489 e. The van der Waals surface area contributed by atoms with E-state index in [9.17, 15) is 41.7 Å². The summed E-state index contributed by atoms with van der Waals surface area (Å²) in [6.45, 7) is 1.32. The van der Waals surface area contributed by atoms with Crippen molar-refractivity contribution in [3.05, 3.63) is 82.9 Å². The Morgan fingerprint density at radius 3 is 2.12 bits per heavy atom. The first-order valence-corrected chi connectivity index (χ1v) is 10.2. The lowest BCUT2D eigenvalue weighted by molar-refractivity contribution is -0.347. The van der Waals surface area contributed by atoms with Crippen LogP contribution in [0.3, 0.4) is 0 Å². The number of ether oxygens (including phenoxy) is 1. The molecular weight excluding hydrogens is 466 g/mol. The fourth-order valence-corrected chi connectivity index (χ4v) is 3.09. The zero-order valence-electron chi connectivity index (χ0n) is 18.1. The fraction of sp³-hybridized carbons (Fsp3) is 0.333. The summed E-state index contributed by atoms with van der Waals surface area (Å²) in [6, 6.07) is 11.5. The van der Waals surface area contributed by atoms with Gasteiger partial charge in [0.15, 0.2) is 0 Å². The third-order valence-electron chi connectivity index (χ3n) is 5.10. The Balaban J connectivity index is 2.22. The monoisotopic (exact) mass is 490 g/mol. The van der Waals surface area contributed by atoms with E-state index in [-0.39, 0.29) is 32.3 Å². The summed E-state index contributed by atoms with van der Waals surface area (Å²) < 4.78 is 82.6. The molecule has 0 aliphatic carbocycles. The second-order valence-electron chi connectivity index (χ2n) is 7.40. The molecule has 2 aromatic rings. The maximum atomic E-state index is 12.8. The summed E-state index contributed by atoms with van der Waals surface area (Å²) >= 11 is 0. The van der Waals surface area contributed by atoms with Crippen molar-refractivity contribution in [3.8, 4) is 5.75 Å². The van der Waals surface area contributed by atoms with Crippen molar-refractivity contribution in [3.63, 3.8) is 0 Å². The van der Waals surface area contributed by atoms with Gasteiger partial charge in [-0.1, -0.05) is 43.3 Å². The van der Waals surface area contributed by atoms with Crippen molar-refractivity contribution >= 4 is 5.57 Å². The summed E-state index contributed by atoms with van der Waals surface area (Å²) in [4.78, 5) is 0. The molecule has 10 heteroatoms. The SMILES string of the molecule is CC/C(=C/C=C/C(O)(C(F)(F)F)C(F)(F)F)c1cccc(OCc2ccc(CO)c(CO)c2)c1. The van der Waals surface area contributed by atoms with E-state index in [4.69, 9.17) is 4.74 Å². The molecule has 0 atom stereocenters.